The van der Waals surface area contributed by atoms with E-state index in [4.69, 9.17) is 0 Å². The highest BCUT2D eigenvalue weighted by Gasteiger charge is 2.08. The summed E-state index contributed by atoms with van der Waals surface area (Å²) in [7, 11) is 0. The summed E-state index contributed by atoms with van der Waals surface area (Å²) >= 11 is 0. The van der Waals surface area contributed by atoms with Gasteiger partial charge in [0.15, 0.2) is 5.69 Å². The predicted octanol–water partition coefficient (Wildman–Crippen LogP) is 3.65. The second-order valence-electron chi connectivity index (χ2n) is 5.46. The highest BCUT2D eigenvalue weighted by Crippen LogP contribution is 2.10. The molecule has 1 aromatic heterocycles. The first-order valence-electron chi connectivity index (χ1n) is 7.70. The van der Waals surface area contributed by atoms with Crippen LogP contribution in [0.5, 0.6) is 0 Å². The van der Waals surface area contributed by atoms with Crippen LogP contribution in [0.3, 0.4) is 0 Å². The third kappa shape index (κ3) is 4.16. The maximum atomic E-state index is 12.1. The largest absolute Gasteiger partial charge is 0.365 e. The third-order valence-electron chi connectivity index (χ3n) is 3.52. The van der Waals surface area contributed by atoms with Crippen molar-refractivity contribution in [2.45, 2.75) is 13.5 Å². The lowest BCUT2D eigenvalue weighted by Crippen LogP contribution is -2.14. The van der Waals surface area contributed by atoms with E-state index < -0.39 is 0 Å². The van der Waals surface area contributed by atoms with Crippen molar-refractivity contribution in [2.75, 3.05) is 10.6 Å². The van der Waals surface area contributed by atoms with Crippen molar-refractivity contribution in [1.82, 2.24) is 10.2 Å². The van der Waals surface area contributed by atoms with Crippen LogP contribution in [0.15, 0.2) is 66.7 Å². The first-order valence-corrected chi connectivity index (χ1v) is 7.70. The Kier molecular flexibility index (Phi) is 4.81. The Bertz CT molecular complexity index is 799. The molecule has 5 heteroatoms. The number of amides is 1. The van der Waals surface area contributed by atoms with Crippen LogP contribution in [0.25, 0.3) is 0 Å². The van der Waals surface area contributed by atoms with Gasteiger partial charge in [0.2, 0.25) is 0 Å². The molecule has 0 fully saturated rings. The van der Waals surface area contributed by atoms with Gasteiger partial charge in [0.25, 0.3) is 5.91 Å². The molecule has 0 saturated carbocycles. The summed E-state index contributed by atoms with van der Waals surface area (Å²) in [6.07, 6.45) is 0. The molecule has 2 aromatic carbocycles. The van der Waals surface area contributed by atoms with Gasteiger partial charge in [-0.2, -0.15) is 0 Å². The predicted molar refractivity (Wildman–Crippen MR) is 94.9 cm³/mol. The van der Waals surface area contributed by atoms with E-state index in [1.165, 1.54) is 5.56 Å². The number of aryl methyl sites for hydroxylation is 1. The molecule has 0 aliphatic heterocycles. The van der Waals surface area contributed by atoms with E-state index in [0.717, 1.165) is 11.3 Å². The highest BCUT2D eigenvalue weighted by atomic mass is 16.1. The first kappa shape index (κ1) is 15.7. The second kappa shape index (κ2) is 7.37. The van der Waals surface area contributed by atoms with Crippen LogP contribution in [0.4, 0.5) is 11.5 Å². The summed E-state index contributed by atoms with van der Waals surface area (Å²) in [6, 6.07) is 20.9. The minimum atomic E-state index is -0.279. The van der Waals surface area contributed by atoms with Gasteiger partial charge in [0, 0.05) is 12.2 Å². The number of hydrogen-bond acceptors (Lipinski definition) is 4. The minimum absolute atomic E-state index is 0.278. The molecule has 0 unspecified atom stereocenters. The van der Waals surface area contributed by atoms with Crippen LogP contribution < -0.4 is 10.6 Å². The monoisotopic (exact) mass is 318 g/mol. The van der Waals surface area contributed by atoms with Gasteiger partial charge >= 0.3 is 0 Å². The molecule has 2 N–H and O–H groups in total. The van der Waals surface area contributed by atoms with Crippen LogP contribution >= 0.6 is 0 Å². The smallest absolute Gasteiger partial charge is 0.276 e. The molecule has 0 radical (unpaired) electrons. The Labute approximate surface area is 140 Å². The number of rotatable bonds is 5. The number of carbonyl (C=O) groups is 1. The molecule has 120 valence electrons. The quantitative estimate of drug-likeness (QED) is 0.753. The maximum absolute atomic E-state index is 12.1. The van der Waals surface area contributed by atoms with Crippen LogP contribution in [0.2, 0.25) is 0 Å². The summed E-state index contributed by atoms with van der Waals surface area (Å²) < 4.78 is 0. The Morgan fingerprint density at radius 1 is 0.917 bits per heavy atom. The van der Waals surface area contributed by atoms with Crippen molar-refractivity contribution in [3.05, 3.63) is 83.6 Å². The van der Waals surface area contributed by atoms with E-state index >= 15 is 0 Å². The minimum Gasteiger partial charge on any atom is -0.365 e. The molecule has 3 aromatic rings. The van der Waals surface area contributed by atoms with Gasteiger partial charge < -0.3 is 10.6 Å². The van der Waals surface area contributed by atoms with Crippen LogP contribution in [0, 0.1) is 6.92 Å². The van der Waals surface area contributed by atoms with Crippen LogP contribution in [-0.2, 0) is 6.54 Å². The van der Waals surface area contributed by atoms with Crippen molar-refractivity contribution in [1.29, 1.82) is 0 Å². The number of benzene rings is 2. The second-order valence-corrected chi connectivity index (χ2v) is 5.46. The average molecular weight is 318 g/mol. The Balaban J connectivity index is 1.58. The molecular formula is C19H18N4O. The molecular weight excluding hydrogens is 300 g/mol. The SMILES string of the molecule is Cc1ccc(CNc2ccc(C(=O)Nc3ccccc3)nn2)cc1. The summed E-state index contributed by atoms with van der Waals surface area (Å²) in [4.78, 5) is 12.1. The Morgan fingerprint density at radius 3 is 2.33 bits per heavy atom. The molecule has 0 bridgehead atoms. The fourth-order valence-electron chi connectivity index (χ4n) is 2.16. The van der Waals surface area contributed by atoms with Gasteiger partial charge in [-0.3, -0.25) is 4.79 Å². The molecule has 0 aliphatic carbocycles. The molecule has 0 spiro atoms. The Morgan fingerprint density at radius 2 is 1.67 bits per heavy atom. The number of nitrogens with zero attached hydrogens (tertiary/aromatic N) is 2. The van der Waals surface area contributed by atoms with Crippen molar-refractivity contribution in [3.63, 3.8) is 0 Å². The van der Waals surface area contributed by atoms with Gasteiger partial charge in [0.1, 0.15) is 5.82 Å². The average Bonchev–Trinajstić information content (AvgIpc) is 2.62. The van der Waals surface area contributed by atoms with Crippen molar-refractivity contribution in [3.8, 4) is 0 Å². The van der Waals surface area contributed by atoms with E-state index in [1.54, 1.807) is 12.1 Å². The zero-order chi connectivity index (χ0) is 16.8. The fourth-order valence-corrected chi connectivity index (χ4v) is 2.16. The molecule has 3 rings (SSSR count). The van der Waals surface area contributed by atoms with Gasteiger partial charge in [-0.1, -0.05) is 48.0 Å². The van der Waals surface area contributed by atoms with Gasteiger partial charge in [0.05, 0.1) is 0 Å². The molecule has 0 saturated heterocycles. The number of aromatic nitrogens is 2. The van der Waals surface area contributed by atoms with Crippen molar-refractivity contribution in [2.24, 2.45) is 0 Å². The lowest BCUT2D eigenvalue weighted by atomic mass is 10.1. The van der Waals surface area contributed by atoms with Gasteiger partial charge in [-0.05, 0) is 36.8 Å². The first-order chi connectivity index (χ1) is 11.7. The standard InChI is InChI=1S/C19H18N4O/c1-14-7-9-15(10-8-14)13-20-18-12-11-17(22-23-18)19(24)21-16-5-3-2-4-6-16/h2-12H,13H2,1H3,(H,20,23)(H,21,24). The van der Waals surface area contributed by atoms with E-state index in [2.05, 4.69) is 52.0 Å². The summed E-state index contributed by atoms with van der Waals surface area (Å²) in [6.45, 7) is 2.71. The highest BCUT2D eigenvalue weighted by molar-refractivity contribution is 6.02. The lowest BCUT2D eigenvalue weighted by molar-refractivity contribution is 0.102. The zero-order valence-corrected chi connectivity index (χ0v) is 13.4. The number of nitrogens with one attached hydrogen (secondary N) is 2. The van der Waals surface area contributed by atoms with Gasteiger partial charge in [-0.25, -0.2) is 0 Å². The number of anilines is 2. The van der Waals surface area contributed by atoms with Crippen LogP contribution in [-0.4, -0.2) is 16.1 Å². The molecule has 24 heavy (non-hydrogen) atoms. The summed E-state index contributed by atoms with van der Waals surface area (Å²) in [5.41, 5.74) is 3.39. The van der Waals surface area contributed by atoms with E-state index in [0.29, 0.717) is 12.4 Å². The molecule has 0 aliphatic rings. The fraction of sp³-hybridized carbons (Fsp3) is 0.105. The Hall–Kier alpha value is -3.21. The maximum Gasteiger partial charge on any atom is 0.276 e. The summed E-state index contributed by atoms with van der Waals surface area (Å²) in [5, 5.41) is 14.0. The number of carbonyl (C=O) groups excluding carboxylic acids is 1. The molecule has 0 atom stereocenters. The zero-order valence-electron chi connectivity index (χ0n) is 13.4. The number of para-hydroxylation sites is 1. The summed E-state index contributed by atoms with van der Waals surface area (Å²) in [5.74, 6) is 0.352. The van der Waals surface area contributed by atoms with E-state index in [-0.39, 0.29) is 11.6 Å². The third-order valence-corrected chi connectivity index (χ3v) is 3.52. The topological polar surface area (TPSA) is 66.9 Å². The van der Waals surface area contributed by atoms with E-state index in [1.807, 2.05) is 30.3 Å². The normalized spacial score (nSPS) is 10.2. The van der Waals surface area contributed by atoms with Gasteiger partial charge in [-0.15, -0.1) is 10.2 Å². The molecule has 5 nitrogen and oxygen atoms in total. The molecule has 1 heterocycles. The van der Waals surface area contributed by atoms with Crippen molar-refractivity contribution < 1.29 is 4.79 Å². The van der Waals surface area contributed by atoms with Crippen LogP contribution in [0.1, 0.15) is 21.6 Å². The van der Waals surface area contributed by atoms with Crippen molar-refractivity contribution >= 4 is 17.4 Å². The number of hydrogen-bond donors (Lipinski definition) is 2. The van der Waals surface area contributed by atoms with E-state index in [9.17, 15) is 4.79 Å². The lowest BCUT2D eigenvalue weighted by Gasteiger charge is -2.07. The molecule has 1 amide bonds.